The number of carboxylic acid groups (broad SMARTS) is 1. The first-order valence-corrected chi connectivity index (χ1v) is 8.73. The van der Waals surface area contributed by atoms with Crippen LogP contribution in [0.4, 0.5) is 0 Å². The molecule has 1 fully saturated rings. The molecular formula is C13H11N5O4S2. The van der Waals surface area contributed by atoms with Crippen molar-refractivity contribution in [2.75, 3.05) is 5.75 Å². The molecule has 2 aliphatic rings. The van der Waals surface area contributed by atoms with Crippen molar-refractivity contribution in [3.05, 3.63) is 44.2 Å². The van der Waals surface area contributed by atoms with Gasteiger partial charge in [-0.1, -0.05) is 11.2 Å². The van der Waals surface area contributed by atoms with Crippen LogP contribution in [-0.2, 0) is 20.8 Å². The zero-order valence-electron chi connectivity index (χ0n) is 12.1. The topological polar surface area (TPSA) is 135 Å². The summed E-state index contributed by atoms with van der Waals surface area (Å²) in [4.78, 5) is 40.2. The minimum Gasteiger partial charge on any atom is -0.477 e. The Kier molecular flexibility index (Phi) is 4.47. The molecule has 1 aromatic rings. The van der Waals surface area contributed by atoms with E-state index < -0.39 is 23.3 Å². The molecule has 24 heavy (non-hydrogen) atoms. The minimum atomic E-state index is -1.33. The average molecular weight is 365 g/mol. The third-order valence-corrected chi connectivity index (χ3v) is 5.69. The van der Waals surface area contributed by atoms with Gasteiger partial charge in [0.25, 0.3) is 5.91 Å². The lowest BCUT2D eigenvalue weighted by Crippen LogP contribution is -2.70. The van der Waals surface area contributed by atoms with E-state index in [9.17, 15) is 19.5 Å². The van der Waals surface area contributed by atoms with Crippen molar-refractivity contribution in [3.8, 4) is 0 Å². The third-order valence-electron chi connectivity index (χ3n) is 3.55. The van der Waals surface area contributed by atoms with Crippen LogP contribution in [0.5, 0.6) is 0 Å². The van der Waals surface area contributed by atoms with E-state index in [1.165, 1.54) is 23.1 Å². The van der Waals surface area contributed by atoms with Gasteiger partial charge >= 0.3 is 5.97 Å². The van der Waals surface area contributed by atoms with E-state index in [4.69, 9.17) is 5.53 Å². The Hall–Kier alpha value is -2.49. The highest BCUT2D eigenvalue weighted by Gasteiger charge is 2.54. The van der Waals surface area contributed by atoms with Crippen molar-refractivity contribution in [2.45, 2.75) is 17.8 Å². The molecule has 0 aliphatic carbocycles. The number of aliphatic carboxylic acids is 1. The van der Waals surface area contributed by atoms with Crippen molar-refractivity contribution >= 4 is 40.9 Å². The Balaban J connectivity index is 1.73. The van der Waals surface area contributed by atoms with Crippen LogP contribution in [0, 0.1) is 0 Å². The van der Waals surface area contributed by atoms with Gasteiger partial charge in [0.2, 0.25) is 5.91 Å². The maximum atomic E-state index is 12.3. The second-order valence-corrected chi connectivity index (χ2v) is 7.14. The SMILES string of the molecule is [N-]=[N+]=NC1=C(C(=O)O)N2C(=O)[C@@H](NC(=O)Cc3cccs3)[C@@H]2SC1. The van der Waals surface area contributed by atoms with Gasteiger partial charge in [0.1, 0.15) is 17.1 Å². The molecule has 9 nitrogen and oxygen atoms in total. The highest BCUT2D eigenvalue weighted by atomic mass is 32.2. The van der Waals surface area contributed by atoms with E-state index in [1.54, 1.807) is 0 Å². The van der Waals surface area contributed by atoms with Crippen LogP contribution >= 0.6 is 23.1 Å². The number of thiophene rings is 1. The Morgan fingerprint density at radius 2 is 2.33 bits per heavy atom. The molecule has 3 rings (SSSR count). The Bertz CT molecular complexity index is 784. The minimum absolute atomic E-state index is 0.00274. The number of carbonyl (C=O) groups excluding carboxylic acids is 2. The van der Waals surface area contributed by atoms with Gasteiger partial charge in [0.05, 0.1) is 12.1 Å². The number of carboxylic acids is 1. The Labute approximate surface area is 144 Å². The second kappa shape index (κ2) is 6.56. The number of nitrogens with one attached hydrogen (secondary N) is 1. The summed E-state index contributed by atoms with van der Waals surface area (Å²) in [5.41, 5.74) is 8.20. The van der Waals surface area contributed by atoms with E-state index in [0.29, 0.717) is 0 Å². The lowest BCUT2D eigenvalue weighted by molar-refractivity contribution is -0.150. The molecule has 2 amide bonds. The smallest absolute Gasteiger partial charge is 0.352 e. The van der Waals surface area contributed by atoms with Gasteiger partial charge in [-0.15, -0.1) is 23.1 Å². The van der Waals surface area contributed by atoms with Crippen LogP contribution in [0.1, 0.15) is 4.88 Å². The molecule has 0 unspecified atom stereocenters. The summed E-state index contributed by atoms with van der Waals surface area (Å²) in [5.74, 6) is -1.98. The lowest BCUT2D eigenvalue weighted by atomic mass is 10.0. The number of carbonyl (C=O) groups is 3. The summed E-state index contributed by atoms with van der Waals surface area (Å²) >= 11 is 2.70. The first-order valence-electron chi connectivity index (χ1n) is 6.81. The summed E-state index contributed by atoms with van der Waals surface area (Å²) in [6.45, 7) is 0. The first-order chi connectivity index (χ1) is 11.5. The standard InChI is InChI=1S/C13H11N5O4S2/c14-17-16-7-5-24-12-9(11(20)18(12)10(7)13(21)22)15-8(19)4-6-2-1-3-23-6/h1-3,9,12H,4-5H2,(H,15,19)(H,21,22)/t9-,12+/m1/s1. The van der Waals surface area contributed by atoms with E-state index in [-0.39, 0.29) is 29.5 Å². The number of rotatable bonds is 5. The number of nitrogens with zero attached hydrogens (tertiary/aromatic N) is 4. The number of hydrogen-bond acceptors (Lipinski definition) is 6. The Morgan fingerprint density at radius 3 is 2.96 bits per heavy atom. The molecule has 0 saturated carbocycles. The predicted molar refractivity (Wildman–Crippen MR) is 86.9 cm³/mol. The first kappa shape index (κ1) is 16.4. The number of fused-ring (bicyclic) bond motifs is 1. The Morgan fingerprint density at radius 1 is 1.54 bits per heavy atom. The summed E-state index contributed by atoms with van der Waals surface area (Å²) in [7, 11) is 0. The van der Waals surface area contributed by atoms with Crippen molar-refractivity contribution in [2.24, 2.45) is 5.11 Å². The molecule has 0 bridgehead atoms. The monoisotopic (exact) mass is 365 g/mol. The van der Waals surface area contributed by atoms with Gasteiger partial charge in [-0.3, -0.25) is 14.5 Å². The van der Waals surface area contributed by atoms with Gasteiger partial charge in [-0.2, -0.15) is 0 Å². The molecule has 1 saturated heterocycles. The maximum absolute atomic E-state index is 12.3. The number of β-lactam (4-membered cyclic amide) rings is 1. The van der Waals surface area contributed by atoms with E-state index in [2.05, 4.69) is 15.3 Å². The van der Waals surface area contributed by atoms with E-state index in [1.807, 2.05) is 17.5 Å². The zero-order chi connectivity index (χ0) is 17.3. The highest BCUT2D eigenvalue weighted by Crippen LogP contribution is 2.40. The fourth-order valence-electron chi connectivity index (χ4n) is 2.53. The maximum Gasteiger partial charge on any atom is 0.352 e. The summed E-state index contributed by atoms with van der Waals surface area (Å²) in [6, 6.07) is 2.89. The number of thioether (sulfide) groups is 1. The highest BCUT2D eigenvalue weighted by molar-refractivity contribution is 8.00. The average Bonchev–Trinajstić information content (AvgIpc) is 3.05. The molecule has 0 radical (unpaired) electrons. The molecule has 0 aromatic carbocycles. The van der Waals surface area contributed by atoms with Crippen molar-refractivity contribution in [1.82, 2.24) is 10.2 Å². The van der Waals surface area contributed by atoms with Crippen molar-refractivity contribution in [3.63, 3.8) is 0 Å². The number of amides is 2. The molecule has 124 valence electrons. The summed E-state index contributed by atoms with van der Waals surface area (Å²) in [5, 5.41) is 16.6. The van der Waals surface area contributed by atoms with E-state index in [0.717, 1.165) is 9.78 Å². The fourth-order valence-corrected chi connectivity index (χ4v) is 4.49. The molecule has 2 atom stereocenters. The van der Waals surface area contributed by atoms with Crippen LogP contribution < -0.4 is 5.32 Å². The predicted octanol–water partition coefficient (Wildman–Crippen LogP) is 1.30. The molecular weight excluding hydrogens is 354 g/mol. The third kappa shape index (κ3) is 2.84. The largest absolute Gasteiger partial charge is 0.477 e. The van der Waals surface area contributed by atoms with Crippen LogP contribution in [0.15, 0.2) is 34.0 Å². The molecule has 0 spiro atoms. The lowest BCUT2D eigenvalue weighted by Gasteiger charge is -2.49. The molecule has 11 heteroatoms. The quantitative estimate of drug-likeness (QED) is 0.351. The molecule has 3 heterocycles. The second-order valence-electron chi connectivity index (χ2n) is 5.00. The fraction of sp³-hybridized carbons (Fsp3) is 0.308. The van der Waals surface area contributed by atoms with Crippen molar-refractivity contribution < 1.29 is 19.5 Å². The summed E-state index contributed by atoms with van der Waals surface area (Å²) < 4.78 is 0. The van der Waals surface area contributed by atoms with Gasteiger partial charge < -0.3 is 10.4 Å². The van der Waals surface area contributed by atoms with Crippen molar-refractivity contribution in [1.29, 1.82) is 0 Å². The van der Waals surface area contributed by atoms with Gasteiger partial charge in [0, 0.05) is 15.5 Å². The number of hydrogen-bond donors (Lipinski definition) is 2. The van der Waals surface area contributed by atoms with E-state index >= 15 is 0 Å². The normalized spacial score (nSPS) is 22.3. The molecule has 1 aromatic heterocycles. The van der Waals surface area contributed by atoms with Crippen LogP contribution in [0.2, 0.25) is 0 Å². The van der Waals surface area contributed by atoms with Gasteiger partial charge in [-0.05, 0) is 17.0 Å². The van der Waals surface area contributed by atoms with Crippen LogP contribution in [-0.4, -0.2) is 45.0 Å². The molecule has 2 N–H and O–H groups in total. The zero-order valence-corrected chi connectivity index (χ0v) is 13.7. The van der Waals surface area contributed by atoms with Gasteiger partial charge in [-0.25, -0.2) is 4.79 Å². The van der Waals surface area contributed by atoms with Gasteiger partial charge in [0.15, 0.2) is 0 Å². The van der Waals surface area contributed by atoms with Crippen LogP contribution in [0.25, 0.3) is 10.4 Å². The van der Waals surface area contributed by atoms with Crippen LogP contribution in [0.3, 0.4) is 0 Å². The molecule has 2 aliphatic heterocycles. The number of azide groups is 1. The summed E-state index contributed by atoms with van der Waals surface area (Å²) in [6.07, 6.45) is 0.171.